The van der Waals surface area contributed by atoms with Crippen molar-refractivity contribution in [2.75, 3.05) is 12.0 Å². The van der Waals surface area contributed by atoms with E-state index in [-0.39, 0.29) is 16.7 Å². The van der Waals surface area contributed by atoms with Crippen molar-refractivity contribution in [2.45, 2.75) is 39.2 Å². The molecule has 0 aliphatic carbocycles. The summed E-state index contributed by atoms with van der Waals surface area (Å²) >= 11 is 0. The first-order valence-electron chi connectivity index (χ1n) is 11.2. The quantitative estimate of drug-likeness (QED) is 0.301. The molecule has 0 aromatic heterocycles. The van der Waals surface area contributed by atoms with Crippen LogP contribution in [0.3, 0.4) is 0 Å². The molecule has 34 heavy (non-hydrogen) atoms. The van der Waals surface area contributed by atoms with Gasteiger partial charge in [-0.05, 0) is 53.8 Å². The second-order valence-corrected chi connectivity index (χ2v) is 9.58. The first-order chi connectivity index (χ1) is 16.1. The van der Waals surface area contributed by atoms with Gasteiger partial charge in [-0.25, -0.2) is 0 Å². The van der Waals surface area contributed by atoms with E-state index < -0.39 is 17.7 Å². The first kappa shape index (κ1) is 23.3. The molecule has 1 unspecified atom stereocenters. The first-order valence-corrected chi connectivity index (χ1v) is 11.2. The molecular formula is C29H29NO4. The Hall–Kier alpha value is -3.86. The summed E-state index contributed by atoms with van der Waals surface area (Å²) in [6.45, 7) is 8.09. The van der Waals surface area contributed by atoms with Gasteiger partial charge in [-0.3, -0.25) is 14.5 Å². The van der Waals surface area contributed by atoms with Crippen LogP contribution in [0, 0.1) is 6.92 Å². The van der Waals surface area contributed by atoms with Crippen molar-refractivity contribution in [2.24, 2.45) is 0 Å². The highest BCUT2D eigenvalue weighted by Crippen LogP contribution is 2.43. The lowest BCUT2D eigenvalue weighted by molar-refractivity contribution is -0.132. The smallest absolute Gasteiger partial charge is 0.300 e. The zero-order chi connectivity index (χ0) is 24.6. The molecule has 1 atom stereocenters. The van der Waals surface area contributed by atoms with E-state index >= 15 is 0 Å². The van der Waals surface area contributed by atoms with E-state index in [0.29, 0.717) is 17.0 Å². The van der Waals surface area contributed by atoms with Gasteiger partial charge in [0.1, 0.15) is 11.5 Å². The van der Waals surface area contributed by atoms with Gasteiger partial charge in [0.15, 0.2) is 0 Å². The summed E-state index contributed by atoms with van der Waals surface area (Å²) in [6.07, 6.45) is 0. The summed E-state index contributed by atoms with van der Waals surface area (Å²) in [5.74, 6) is -0.870. The van der Waals surface area contributed by atoms with E-state index in [9.17, 15) is 14.7 Å². The van der Waals surface area contributed by atoms with Gasteiger partial charge < -0.3 is 9.84 Å². The standard InChI is InChI=1S/C29H29NO4/c1-18-10-9-13-21(16-18)30-25(19-11-7-6-8-12-19)24(27(32)28(30)33)26(31)20-14-15-23(34-5)22(17-20)29(2,3)4/h6-17,25,31H,1-5H3/b26-24-. The van der Waals surface area contributed by atoms with Crippen LogP contribution in [0.4, 0.5) is 5.69 Å². The number of benzene rings is 3. The molecule has 0 spiro atoms. The predicted molar refractivity (Wildman–Crippen MR) is 134 cm³/mol. The second-order valence-electron chi connectivity index (χ2n) is 9.58. The molecule has 1 heterocycles. The number of amides is 1. The lowest BCUT2D eigenvalue weighted by Crippen LogP contribution is -2.29. The van der Waals surface area contributed by atoms with E-state index in [1.807, 2.05) is 61.5 Å². The number of aliphatic hydroxyl groups is 1. The third-order valence-corrected chi connectivity index (χ3v) is 6.12. The van der Waals surface area contributed by atoms with Crippen LogP contribution in [0.1, 0.15) is 49.1 Å². The molecule has 0 saturated carbocycles. The highest BCUT2D eigenvalue weighted by Gasteiger charge is 2.47. The topological polar surface area (TPSA) is 66.8 Å². The molecule has 1 aliphatic heterocycles. The summed E-state index contributed by atoms with van der Waals surface area (Å²) in [4.78, 5) is 28.1. The fourth-order valence-electron chi connectivity index (χ4n) is 4.42. The zero-order valence-corrected chi connectivity index (χ0v) is 20.1. The minimum absolute atomic E-state index is 0.0720. The Labute approximate surface area is 200 Å². The molecule has 174 valence electrons. The van der Waals surface area contributed by atoms with Gasteiger partial charge in [-0.2, -0.15) is 0 Å². The predicted octanol–water partition coefficient (Wildman–Crippen LogP) is 5.93. The van der Waals surface area contributed by atoms with E-state index in [1.165, 1.54) is 4.90 Å². The summed E-state index contributed by atoms with van der Waals surface area (Å²) in [7, 11) is 1.60. The van der Waals surface area contributed by atoms with E-state index in [2.05, 4.69) is 20.8 Å². The number of anilines is 1. The average Bonchev–Trinajstić information content (AvgIpc) is 3.08. The Kier molecular flexibility index (Phi) is 6.05. The van der Waals surface area contributed by atoms with Crippen molar-refractivity contribution >= 4 is 23.1 Å². The molecular weight excluding hydrogens is 426 g/mol. The number of methoxy groups -OCH3 is 1. The zero-order valence-electron chi connectivity index (χ0n) is 20.1. The summed E-state index contributed by atoms with van der Waals surface area (Å²) < 4.78 is 5.52. The van der Waals surface area contributed by atoms with E-state index in [0.717, 1.165) is 16.7 Å². The van der Waals surface area contributed by atoms with Crippen molar-refractivity contribution in [3.63, 3.8) is 0 Å². The highest BCUT2D eigenvalue weighted by atomic mass is 16.5. The van der Waals surface area contributed by atoms with Crippen LogP contribution in [0.2, 0.25) is 0 Å². The van der Waals surface area contributed by atoms with Gasteiger partial charge in [0.2, 0.25) is 0 Å². The van der Waals surface area contributed by atoms with Gasteiger partial charge in [0.25, 0.3) is 11.7 Å². The number of hydrogen-bond donors (Lipinski definition) is 1. The highest BCUT2D eigenvalue weighted by molar-refractivity contribution is 6.51. The van der Waals surface area contributed by atoms with Crippen molar-refractivity contribution in [1.29, 1.82) is 0 Å². The second kappa shape index (κ2) is 8.82. The Morgan fingerprint density at radius 2 is 1.65 bits per heavy atom. The molecule has 1 aliphatic rings. The Morgan fingerprint density at radius 3 is 2.26 bits per heavy atom. The van der Waals surface area contributed by atoms with Crippen LogP contribution < -0.4 is 9.64 Å². The van der Waals surface area contributed by atoms with Crippen molar-refractivity contribution < 1.29 is 19.4 Å². The molecule has 1 saturated heterocycles. The van der Waals surface area contributed by atoms with Crippen molar-refractivity contribution in [3.8, 4) is 5.75 Å². The molecule has 3 aromatic rings. The Bertz CT molecular complexity index is 1280. The minimum Gasteiger partial charge on any atom is -0.507 e. The molecule has 3 aromatic carbocycles. The fourth-order valence-corrected chi connectivity index (χ4v) is 4.42. The number of Topliss-reactive ketones (excluding diaryl/α,β-unsaturated/α-hetero) is 1. The van der Waals surface area contributed by atoms with Crippen LogP contribution in [0.25, 0.3) is 5.76 Å². The molecule has 5 nitrogen and oxygen atoms in total. The lowest BCUT2D eigenvalue weighted by atomic mass is 9.84. The fraction of sp³-hybridized carbons (Fsp3) is 0.241. The van der Waals surface area contributed by atoms with Gasteiger partial charge in [-0.15, -0.1) is 0 Å². The van der Waals surface area contributed by atoms with E-state index in [4.69, 9.17) is 4.74 Å². The number of aliphatic hydroxyl groups excluding tert-OH is 1. The maximum Gasteiger partial charge on any atom is 0.300 e. The average molecular weight is 456 g/mol. The third kappa shape index (κ3) is 4.10. The van der Waals surface area contributed by atoms with Crippen molar-refractivity contribution in [3.05, 3.63) is 101 Å². The Balaban J connectivity index is 1.95. The van der Waals surface area contributed by atoms with Crippen LogP contribution in [-0.4, -0.2) is 23.9 Å². The molecule has 5 heteroatoms. The number of hydrogen-bond acceptors (Lipinski definition) is 4. The normalized spacial score (nSPS) is 17.8. The van der Waals surface area contributed by atoms with Crippen LogP contribution in [0.15, 0.2) is 78.4 Å². The Morgan fingerprint density at radius 1 is 0.941 bits per heavy atom. The lowest BCUT2D eigenvalue weighted by Gasteiger charge is -2.26. The summed E-state index contributed by atoms with van der Waals surface area (Å²) in [6, 6.07) is 21.4. The maximum atomic E-state index is 13.3. The monoisotopic (exact) mass is 455 g/mol. The number of ketones is 1. The van der Waals surface area contributed by atoms with E-state index in [1.54, 1.807) is 25.3 Å². The number of rotatable bonds is 4. The van der Waals surface area contributed by atoms with Gasteiger partial charge in [0.05, 0.1) is 18.7 Å². The number of nitrogens with zero attached hydrogens (tertiary/aromatic N) is 1. The van der Waals surface area contributed by atoms with Gasteiger partial charge >= 0.3 is 0 Å². The van der Waals surface area contributed by atoms with Crippen molar-refractivity contribution in [1.82, 2.24) is 0 Å². The van der Waals surface area contributed by atoms with Gasteiger partial charge in [0, 0.05) is 16.8 Å². The van der Waals surface area contributed by atoms with Crippen LogP contribution >= 0.6 is 0 Å². The molecule has 0 bridgehead atoms. The number of carbonyl (C=O) groups is 2. The van der Waals surface area contributed by atoms with Gasteiger partial charge in [-0.1, -0.05) is 63.2 Å². The number of ether oxygens (including phenoxy) is 1. The molecule has 0 radical (unpaired) electrons. The molecule has 1 N–H and O–H groups in total. The molecule has 4 rings (SSSR count). The molecule has 1 amide bonds. The SMILES string of the molecule is COc1ccc(/C(O)=C2/C(=O)C(=O)N(c3cccc(C)c3)C2c2ccccc2)cc1C(C)(C)C. The number of aryl methyl sites for hydroxylation is 1. The maximum absolute atomic E-state index is 13.3. The van der Waals surface area contributed by atoms with Crippen LogP contribution in [-0.2, 0) is 15.0 Å². The minimum atomic E-state index is -0.747. The summed E-state index contributed by atoms with van der Waals surface area (Å²) in [5.41, 5.74) is 3.50. The number of carbonyl (C=O) groups excluding carboxylic acids is 2. The molecule has 1 fully saturated rings. The summed E-state index contributed by atoms with van der Waals surface area (Å²) in [5, 5.41) is 11.5. The largest absolute Gasteiger partial charge is 0.507 e. The third-order valence-electron chi connectivity index (χ3n) is 6.12. The van der Waals surface area contributed by atoms with Crippen LogP contribution in [0.5, 0.6) is 5.75 Å².